The fourth-order valence-corrected chi connectivity index (χ4v) is 1.53. The fraction of sp³-hybridized carbons (Fsp3) is 0.182. The number of phenolic OH excluding ortho intramolecular Hbond substituents is 1. The predicted molar refractivity (Wildman–Crippen MR) is 66.9 cm³/mol. The van der Waals surface area contributed by atoms with E-state index in [4.69, 9.17) is 10.5 Å². The van der Waals surface area contributed by atoms with E-state index in [0.29, 0.717) is 22.0 Å². The van der Waals surface area contributed by atoms with Gasteiger partial charge in [-0.15, -0.1) is 0 Å². The lowest BCUT2D eigenvalue weighted by atomic mass is 10.1. The van der Waals surface area contributed by atoms with Gasteiger partial charge in [-0.25, -0.2) is 4.99 Å². The Morgan fingerprint density at radius 2 is 2.18 bits per heavy atom. The highest BCUT2D eigenvalue weighted by atomic mass is 32.2. The normalized spacial score (nSPS) is 10.5. The van der Waals surface area contributed by atoms with Crippen LogP contribution in [0.4, 0.5) is 5.69 Å². The molecule has 0 unspecified atom stereocenters. The van der Waals surface area contributed by atoms with Crippen molar-refractivity contribution < 1.29 is 5.11 Å². The first kappa shape index (κ1) is 12.9. The fourth-order valence-electron chi connectivity index (χ4n) is 1.20. The molecule has 0 aliphatic heterocycles. The smallest absolute Gasteiger partial charge is 0.183 e. The van der Waals surface area contributed by atoms with E-state index in [1.165, 1.54) is 23.9 Å². The van der Waals surface area contributed by atoms with Crippen LogP contribution >= 0.6 is 11.8 Å². The average molecular weight is 246 g/mol. The van der Waals surface area contributed by atoms with E-state index >= 15 is 0 Å². The van der Waals surface area contributed by atoms with Gasteiger partial charge in [-0.3, -0.25) is 5.32 Å². The quantitative estimate of drug-likeness (QED) is 0.342. The van der Waals surface area contributed by atoms with Crippen molar-refractivity contribution in [3.63, 3.8) is 0 Å². The third kappa shape index (κ3) is 2.90. The van der Waals surface area contributed by atoms with Crippen molar-refractivity contribution in [1.29, 1.82) is 10.5 Å². The molecule has 1 aromatic carbocycles. The molecule has 0 saturated heterocycles. The Hall–Kier alpha value is -2.18. The molecule has 2 N–H and O–H groups in total. The average Bonchev–Trinajstić information content (AvgIpc) is 2.34. The second-order valence-corrected chi connectivity index (χ2v) is 3.87. The number of aromatic hydroxyl groups is 1. The molecule has 0 bridgehead atoms. The third-order valence-electron chi connectivity index (χ3n) is 2.09. The van der Waals surface area contributed by atoms with E-state index in [1.54, 1.807) is 19.4 Å². The Labute approximate surface area is 103 Å². The Kier molecular flexibility index (Phi) is 4.38. The number of hydrogen-bond donors (Lipinski definition) is 2. The highest BCUT2D eigenvalue weighted by Crippen LogP contribution is 2.31. The van der Waals surface area contributed by atoms with Gasteiger partial charge in [0, 0.05) is 5.56 Å². The number of phenols is 1. The van der Waals surface area contributed by atoms with Crippen LogP contribution in [-0.4, -0.2) is 16.5 Å². The summed E-state index contributed by atoms with van der Waals surface area (Å²) in [5.41, 5.74) is 1.24. The maximum absolute atomic E-state index is 9.56. The second-order valence-electron chi connectivity index (χ2n) is 3.08. The van der Waals surface area contributed by atoms with Gasteiger partial charge in [-0.1, -0.05) is 11.8 Å². The van der Waals surface area contributed by atoms with Crippen LogP contribution in [0.3, 0.4) is 0 Å². The first-order chi connectivity index (χ1) is 8.13. The molecule has 6 heteroatoms. The standard InChI is InChI=1S/C11H10N4OS/c1-7-9(16)4-3-8(5-12)10(7)15-11(17-2)14-6-13/h3-4,16H,1-2H3,(H,14,15). The summed E-state index contributed by atoms with van der Waals surface area (Å²) in [5.74, 6) is 0.0696. The van der Waals surface area contributed by atoms with Crippen molar-refractivity contribution in [2.75, 3.05) is 6.26 Å². The molecule has 1 aromatic rings. The Bertz CT molecular complexity index is 540. The molecule has 0 saturated carbocycles. The van der Waals surface area contributed by atoms with Crippen LogP contribution in [0.5, 0.6) is 5.75 Å². The number of nitriles is 2. The third-order valence-corrected chi connectivity index (χ3v) is 2.67. The maximum Gasteiger partial charge on any atom is 0.183 e. The van der Waals surface area contributed by atoms with E-state index in [9.17, 15) is 5.11 Å². The van der Waals surface area contributed by atoms with Crippen LogP contribution in [0.15, 0.2) is 17.1 Å². The molecule has 5 nitrogen and oxygen atoms in total. The maximum atomic E-state index is 9.56. The summed E-state index contributed by atoms with van der Waals surface area (Å²) in [6.07, 6.45) is 3.52. The number of hydrogen-bond acceptors (Lipinski definition) is 5. The van der Waals surface area contributed by atoms with Gasteiger partial charge in [0.05, 0.1) is 11.3 Å². The molecule has 0 aliphatic carbocycles. The van der Waals surface area contributed by atoms with Gasteiger partial charge in [0.1, 0.15) is 11.8 Å². The number of nitrogens with zero attached hydrogens (tertiary/aromatic N) is 3. The van der Waals surface area contributed by atoms with Crippen LogP contribution in [0.25, 0.3) is 0 Å². The van der Waals surface area contributed by atoms with E-state index in [0.717, 1.165) is 0 Å². The summed E-state index contributed by atoms with van der Waals surface area (Å²) < 4.78 is 0. The molecule has 1 rings (SSSR count). The van der Waals surface area contributed by atoms with Crippen LogP contribution in [-0.2, 0) is 0 Å². The molecule has 0 heterocycles. The molecule has 86 valence electrons. The van der Waals surface area contributed by atoms with Gasteiger partial charge in [0.25, 0.3) is 0 Å². The molecular formula is C11H10N4OS. The first-order valence-electron chi connectivity index (χ1n) is 4.64. The van der Waals surface area contributed by atoms with Gasteiger partial charge in [-0.05, 0) is 25.3 Å². The lowest BCUT2D eigenvalue weighted by Gasteiger charge is -2.06. The zero-order valence-electron chi connectivity index (χ0n) is 9.35. The summed E-state index contributed by atoms with van der Waals surface area (Å²) in [7, 11) is 0. The SMILES string of the molecule is CSC(=Nc1c(C#N)ccc(O)c1C)NC#N. The minimum absolute atomic E-state index is 0.0696. The summed E-state index contributed by atoms with van der Waals surface area (Å²) in [5, 5.41) is 29.8. The van der Waals surface area contributed by atoms with Crippen molar-refractivity contribution in [2.45, 2.75) is 6.92 Å². The molecular weight excluding hydrogens is 236 g/mol. The first-order valence-corrected chi connectivity index (χ1v) is 5.87. The summed E-state index contributed by atoms with van der Waals surface area (Å²) in [4.78, 5) is 4.16. The number of nitrogens with one attached hydrogen (secondary N) is 1. The molecule has 0 amide bonds. The van der Waals surface area contributed by atoms with Crippen LogP contribution in [0, 0.1) is 29.7 Å². The van der Waals surface area contributed by atoms with Gasteiger partial charge in [-0.2, -0.15) is 10.5 Å². The number of benzene rings is 1. The highest BCUT2D eigenvalue weighted by Gasteiger charge is 2.09. The Balaban J connectivity index is 3.35. The summed E-state index contributed by atoms with van der Waals surface area (Å²) in [6, 6.07) is 4.94. The van der Waals surface area contributed by atoms with Gasteiger partial charge in [0.2, 0.25) is 0 Å². The lowest BCUT2D eigenvalue weighted by molar-refractivity contribution is 0.471. The van der Waals surface area contributed by atoms with Gasteiger partial charge < -0.3 is 5.11 Å². The van der Waals surface area contributed by atoms with Crippen LogP contribution in [0.1, 0.15) is 11.1 Å². The molecule has 17 heavy (non-hydrogen) atoms. The Morgan fingerprint density at radius 1 is 1.47 bits per heavy atom. The van der Waals surface area contributed by atoms with Crippen LogP contribution < -0.4 is 5.32 Å². The van der Waals surface area contributed by atoms with E-state index < -0.39 is 0 Å². The summed E-state index contributed by atoms with van der Waals surface area (Å²) in [6.45, 7) is 1.67. The number of aliphatic imine (C=N–C) groups is 1. The minimum Gasteiger partial charge on any atom is -0.508 e. The topological polar surface area (TPSA) is 92.2 Å². The van der Waals surface area contributed by atoms with Gasteiger partial charge >= 0.3 is 0 Å². The molecule has 0 atom stereocenters. The van der Waals surface area contributed by atoms with Gasteiger partial charge in [0.15, 0.2) is 11.4 Å². The van der Waals surface area contributed by atoms with Crippen LogP contribution in [0.2, 0.25) is 0 Å². The van der Waals surface area contributed by atoms with Crippen molar-refractivity contribution in [3.8, 4) is 18.0 Å². The van der Waals surface area contributed by atoms with E-state index in [2.05, 4.69) is 10.3 Å². The minimum atomic E-state index is 0.0696. The molecule has 0 spiro atoms. The predicted octanol–water partition coefficient (Wildman–Crippen LogP) is 1.99. The molecule has 0 aromatic heterocycles. The van der Waals surface area contributed by atoms with Crippen molar-refractivity contribution in [1.82, 2.24) is 5.32 Å². The zero-order chi connectivity index (χ0) is 12.8. The molecule has 0 aliphatic rings. The Morgan fingerprint density at radius 3 is 2.71 bits per heavy atom. The summed E-state index contributed by atoms with van der Waals surface area (Å²) >= 11 is 1.25. The lowest BCUT2D eigenvalue weighted by Crippen LogP contribution is -2.12. The highest BCUT2D eigenvalue weighted by molar-refractivity contribution is 8.13. The largest absolute Gasteiger partial charge is 0.508 e. The van der Waals surface area contributed by atoms with E-state index in [1.807, 2.05) is 6.07 Å². The second kappa shape index (κ2) is 5.78. The number of thioether (sulfide) groups is 1. The van der Waals surface area contributed by atoms with Crippen molar-refractivity contribution >= 4 is 22.6 Å². The number of rotatable bonds is 1. The number of amidine groups is 1. The molecule has 0 radical (unpaired) electrons. The monoisotopic (exact) mass is 246 g/mol. The van der Waals surface area contributed by atoms with Crippen molar-refractivity contribution in [3.05, 3.63) is 23.3 Å². The van der Waals surface area contributed by atoms with Crippen molar-refractivity contribution in [2.24, 2.45) is 4.99 Å². The molecule has 0 fully saturated rings. The van der Waals surface area contributed by atoms with E-state index in [-0.39, 0.29) is 5.75 Å². The zero-order valence-corrected chi connectivity index (χ0v) is 10.2.